The number of para-hydroxylation sites is 1. The Morgan fingerprint density at radius 3 is 2.95 bits per heavy atom. The van der Waals surface area contributed by atoms with Crippen LogP contribution in [0.4, 0.5) is 0 Å². The third-order valence-electron chi connectivity index (χ3n) is 3.01. The monoisotopic (exact) mass is 255 g/mol. The number of H-pyrrole nitrogens is 1. The highest BCUT2D eigenvalue weighted by molar-refractivity contribution is 5.77. The first kappa shape index (κ1) is 11.5. The average Bonchev–Trinajstić information content (AvgIpc) is 2.76. The molecule has 5 heteroatoms. The van der Waals surface area contributed by atoms with Crippen LogP contribution >= 0.6 is 0 Å². The lowest BCUT2D eigenvalue weighted by molar-refractivity contribution is 0.397. The van der Waals surface area contributed by atoms with E-state index >= 15 is 0 Å². The molecule has 3 rings (SSSR count). The van der Waals surface area contributed by atoms with Gasteiger partial charge in [0.05, 0.1) is 24.6 Å². The standard InChI is InChI=1S/C14H13N3O2/c1-19-13-8-10(6-7-15-13)9-17-14(18)11-4-2-3-5-12(11)16-17/h2-8,16H,9H2,1H3. The number of benzene rings is 1. The van der Waals surface area contributed by atoms with Crippen molar-refractivity contribution in [1.29, 1.82) is 0 Å². The number of rotatable bonds is 3. The summed E-state index contributed by atoms with van der Waals surface area (Å²) in [5, 5.41) is 3.79. The Kier molecular flexibility index (Phi) is 2.79. The van der Waals surface area contributed by atoms with Gasteiger partial charge in [0.15, 0.2) is 0 Å². The van der Waals surface area contributed by atoms with Crippen molar-refractivity contribution in [1.82, 2.24) is 14.8 Å². The largest absolute Gasteiger partial charge is 0.481 e. The first-order valence-electron chi connectivity index (χ1n) is 5.94. The molecule has 0 amide bonds. The maximum Gasteiger partial charge on any atom is 0.274 e. The number of hydrogen-bond donors (Lipinski definition) is 1. The Hall–Kier alpha value is -2.56. The van der Waals surface area contributed by atoms with Gasteiger partial charge in [-0.1, -0.05) is 12.1 Å². The normalized spacial score (nSPS) is 10.8. The molecular weight excluding hydrogens is 242 g/mol. The number of pyridine rings is 1. The maximum absolute atomic E-state index is 12.2. The lowest BCUT2D eigenvalue weighted by Gasteiger charge is -2.03. The van der Waals surface area contributed by atoms with E-state index in [2.05, 4.69) is 10.1 Å². The van der Waals surface area contributed by atoms with Gasteiger partial charge in [-0.2, -0.15) is 0 Å². The molecule has 1 aromatic carbocycles. The van der Waals surface area contributed by atoms with Crippen LogP contribution < -0.4 is 10.3 Å². The van der Waals surface area contributed by atoms with Gasteiger partial charge in [0, 0.05) is 12.3 Å². The van der Waals surface area contributed by atoms with Crippen molar-refractivity contribution in [3.05, 3.63) is 58.5 Å². The highest BCUT2D eigenvalue weighted by Gasteiger charge is 2.06. The molecule has 0 spiro atoms. The minimum atomic E-state index is -0.0219. The van der Waals surface area contributed by atoms with Crippen LogP contribution in [0.15, 0.2) is 47.4 Å². The number of hydrogen-bond acceptors (Lipinski definition) is 3. The molecule has 0 fully saturated rings. The fourth-order valence-corrected chi connectivity index (χ4v) is 2.06. The van der Waals surface area contributed by atoms with E-state index in [0.717, 1.165) is 11.1 Å². The summed E-state index contributed by atoms with van der Waals surface area (Å²) >= 11 is 0. The van der Waals surface area contributed by atoms with Crippen LogP contribution in [0.3, 0.4) is 0 Å². The summed E-state index contributed by atoms with van der Waals surface area (Å²) in [7, 11) is 1.57. The second-order valence-corrected chi connectivity index (χ2v) is 4.26. The minimum Gasteiger partial charge on any atom is -0.481 e. The van der Waals surface area contributed by atoms with Crippen molar-refractivity contribution in [2.75, 3.05) is 7.11 Å². The van der Waals surface area contributed by atoms with Crippen LogP contribution in [-0.2, 0) is 6.54 Å². The van der Waals surface area contributed by atoms with Gasteiger partial charge in [0.25, 0.3) is 5.56 Å². The van der Waals surface area contributed by atoms with Gasteiger partial charge in [0.1, 0.15) is 0 Å². The minimum absolute atomic E-state index is 0.0219. The Labute approximate surface area is 109 Å². The Morgan fingerprint density at radius 1 is 1.32 bits per heavy atom. The van der Waals surface area contributed by atoms with E-state index in [0.29, 0.717) is 17.8 Å². The predicted molar refractivity (Wildman–Crippen MR) is 72.4 cm³/mol. The fourth-order valence-electron chi connectivity index (χ4n) is 2.06. The summed E-state index contributed by atoms with van der Waals surface area (Å²) in [6.07, 6.45) is 1.67. The Bertz CT molecular complexity index is 773. The lowest BCUT2D eigenvalue weighted by Crippen LogP contribution is -2.17. The van der Waals surface area contributed by atoms with Crippen LogP contribution in [0, 0.1) is 0 Å². The summed E-state index contributed by atoms with van der Waals surface area (Å²) in [5.41, 5.74) is 1.78. The van der Waals surface area contributed by atoms with Crippen molar-refractivity contribution in [3.8, 4) is 5.88 Å². The van der Waals surface area contributed by atoms with E-state index in [9.17, 15) is 4.79 Å². The molecule has 0 atom stereocenters. The number of fused-ring (bicyclic) bond motifs is 1. The van der Waals surface area contributed by atoms with Crippen LogP contribution in [0.5, 0.6) is 5.88 Å². The smallest absolute Gasteiger partial charge is 0.274 e. The number of ether oxygens (including phenoxy) is 1. The van der Waals surface area contributed by atoms with Crippen molar-refractivity contribution in [3.63, 3.8) is 0 Å². The van der Waals surface area contributed by atoms with Gasteiger partial charge in [-0.3, -0.25) is 9.89 Å². The van der Waals surface area contributed by atoms with Crippen LogP contribution in [0.25, 0.3) is 10.9 Å². The highest BCUT2D eigenvalue weighted by Crippen LogP contribution is 2.11. The van der Waals surface area contributed by atoms with E-state index < -0.39 is 0 Å². The maximum atomic E-state index is 12.2. The molecule has 5 nitrogen and oxygen atoms in total. The summed E-state index contributed by atoms with van der Waals surface area (Å²) < 4.78 is 6.66. The third kappa shape index (κ3) is 2.10. The van der Waals surface area contributed by atoms with E-state index in [4.69, 9.17) is 4.74 Å². The van der Waals surface area contributed by atoms with E-state index in [-0.39, 0.29) is 5.56 Å². The molecule has 0 aliphatic carbocycles. The van der Waals surface area contributed by atoms with Gasteiger partial charge in [0.2, 0.25) is 5.88 Å². The summed E-state index contributed by atoms with van der Waals surface area (Å²) in [6.45, 7) is 0.465. The molecular formula is C14H13N3O2. The summed E-state index contributed by atoms with van der Waals surface area (Å²) in [4.78, 5) is 16.2. The molecule has 2 heterocycles. The molecule has 3 aromatic rings. The number of methoxy groups -OCH3 is 1. The number of aromatic amines is 1. The van der Waals surface area contributed by atoms with Crippen LogP contribution in [0.1, 0.15) is 5.56 Å². The van der Waals surface area contributed by atoms with Crippen molar-refractivity contribution >= 4 is 10.9 Å². The zero-order valence-electron chi connectivity index (χ0n) is 10.5. The molecule has 1 N–H and O–H groups in total. The molecule has 0 saturated carbocycles. The molecule has 0 aliphatic rings. The van der Waals surface area contributed by atoms with Gasteiger partial charge in [-0.15, -0.1) is 0 Å². The van der Waals surface area contributed by atoms with Gasteiger partial charge in [-0.25, -0.2) is 9.67 Å². The molecule has 0 bridgehead atoms. The van der Waals surface area contributed by atoms with Crippen molar-refractivity contribution in [2.45, 2.75) is 6.54 Å². The number of aromatic nitrogens is 3. The highest BCUT2D eigenvalue weighted by atomic mass is 16.5. The summed E-state index contributed by atoms with van der Waals surface area (Å²) in [6, 6.07) is 11.1. The van der Waals surface area contributed by atoms with E-state index in [1.807, 2.05) is 36.4 Å². The number of nitrogens with zero attached hydrogens (tertiary/aromatic N) is 2. The van der Waals surface area contributed by atoms with E-state index in [1.165, 1.54) is 0 Å². The zero-order valence-corrected chi connectivity index (χ0v) is 10.5. The van der Waals surface area contributed by atoms with Gasteiger partial charge < -0.3 is 4.74 Å². The second-order valence-electron chi connectivity index (χ2n) is 4.26. The van der Waals surface area contributed by atoms with E-state index in [1.54, 1.807) is 18.0 Å². The molecule has 2 aromatic heterocycles. The van der Waals surface area contributed by atoms with Crippen LogP contribution in [0.2, 0.25) is 0 Å². The number of nitrogens with one attached hydrogen (secondary N) is 1. The molecule has 0 radical (unpaired) electrons. The van der Waals surface area contributed by atoms with Gasteiger partial charge in [-0.05, 0) is 23.8 Å². The Morgan fingerprint density at radius 2 is 2.16 bits per heavy atom. The topological polar surface area (TPSA) is 59.9 Å². The first-order chi connectivity index (χ1) is 9.28. The third-order valence-corrected chi connectivity index (χ3v) is 3.01. The molecule has 19 heavy (non-hydrogen) atoms. The van der Waals surface area contributed by atoms with Crippen LogP contribution in [-0.4, -0.2) is 21.9 Å². The first-order valence-corrected chi connectivity index (χ1v) is 5.94. The lowest BCUT2D eigenvalue weighted by atomic mass is 10.2. The SMILES string of the molecule is COc1cc(Cn2[nH]c3ccccc3c2=O)ccn1. The average molecular weight is 255 g/mol. The Balaban J connectivity index is 2.01. The quantitative estimate of drug-likeness (QED) is 0.776. The van der Waals surface area contributed by atoms with Crippen molar-refractivity contribution < 1.29 is 4.74 Å². The fraction of sp³-hybridized carbons (Fsp3) is 0.143. The molecule has 0 unspecified atom stereocenters. The zero-order chi connectivity index (χ0) is 13.2. The van der Waals surface area contributed by atoms with Gasteiger partial charge >= 0.3 is 0 Å². The van der Waals surface area contributed by atoms with Crippen molar-refractivity contribution in [2.24, 2.45) is 0 Å². The molecule has 0 saturated heterocycles. The predicted octanol–water partition coefficient (Wildman–Crippen LogP) is 1.78. The second kappa shape index (κ2) is 4.61. The molecule has 0 aliphatic heterocycles. The summed E-state index contributed by atoms with van der Waals surface area (Å²) in [5.74, 6) is 0.543. The molecule has 96 valence electrons.